The Morgan fingerprint density at radius 3 is 2.19 bits per heavy atom. The fourth-order valence-corrected chi connectivity index (χ4v) is 4.42. The third-order valence-electron chi connectivity index (χ3n) is 5.41. The second-order valence-corrected chi connectivity index (χ2v) is 9.45. The average Bonchev–Trinajstić information content (AvgIpc) is 2.48. The van der Waals surface area contributed by atoms with Gasteiger partial charge in [0.1, 0.15) is 0 Å². The molecule has 0 aliphatic heterocycles. The smallest absolute Gasteiger partial charge is 0.153 e. The van der Waals surface area contributed by atoms with Crippen LogP contribution in [0.2, 0.25) is 0 Å². The minimum absolute atomic E-state index is 0.0208. The van der Waals surface area contributed by atoms with Crippen LogP contribution in [0.4, 0.5) is 0 Å². The van der Waals surface area contributed by atoms with Gasteiger partial charge in [-0.05, 0) is 52.0 Å². The zero-order valence-electron chi connectivity index (χ0n) is 14.3. The van der Waals surface area contributed by atoms with Gasteiger partial charge in [0.15, 0.2) is 9.84 Å². The molecule has 4 nitrogen and oxygen atoms in total. The Morgan fingerprint density at radius 2 is 1.81 bits per heavy atom. The van der Waals surface area contributed by atoms with Crippen molar-refractivity contribution >= 4 is 9.84 Å². The number of rotatable bonds is 8. The van der Waals surface area contributed by atoms with Crippen molar-refractivity contribution in [1.29, 1.82) is 0 Å². The van der Waals surface area contributed by atoms with Crippen LogP contribution in [0, 0.1) is 5.92 Å². The molecule has 0 unspecified atom stereocenters. The molecule has 0 aromatic carbocycles. The van der Waals surface area contributed by atoms with Gasteiger partial charge in [-0.1, -0.05) is 20.3 Å². The molecule has 0 atom stereocenters. The molecule has 1 saturated carbocycles. The van der Waals surface area contributed by atoms with E-state index in [0.29, 0.717) is 13.1 Å². The molecule has 0 amide bonds. The fourth-order valence-electron chi connectivity index (χ4n) is 3.48. The van der Waals surface area contributed by atoms with E-state index in [1.54, 1.807) is 13.8 Å². The van der Waals surface area contributed by atoms with E-state index in [1.165, 1.54) is 19.3 Å². The van der Waals surface area contributed by atoms with Gasteiger partial charge in [-0.25, -0.2) is 8.42 Å². The van der Waals surface area contributed by atoms with Gasteiger partial charge in [0.05, 0.1) is 11.0 Å². The van der Waals surface area contributed by atoms with E-state index >= 15 is 0 Å². The molecular weight excluding hydrogens is 284 g/mol. The highest BCUT2D eigenvalue weighted by Gasteiger charge is 2.38. The van der Waals surface area contributed by atoms with E-state index < -0.39 is 9.84 Å². The Hall–Kier alpha value is -0.130. The predicted molar refractivity (Wildman–Crippen MR) is 90.2 cm³/mol. The van der Waals surface area contributed by atoms with E-state index in [4.69, 9.17) is 5.73 Å². The summed E-state index contributed by atoms with van der Waals surface area (Å²) in [6.07, 6.45) is 5.91. The quantitative estimate of drug-likeness (QED) is 0.746. The number of hydrogen-bond donors (Lipinski definition) is 1. The molecule has 0 saturated heterocycles. The molecule has 126 valence electrons. The van der Waals surface area contributed by atoms with Crippen LogP contribution in [0.5, 0.6) is 0 Å². The van der Waals surface area contributed by atoms with Gasteiger partial charge >= 0.3 is 0 Å². The first kappa shape index (κ1) is 18.9. The zero-order chi connectivity index (χ0) is 16.1. The van der Waals surface area contributed by atoms with E-state index in [1.807, 2.05) is 0 Å². The van der Waals surface area contributed by atoms with Crippen LogP contribution in [0.3, 0.4) is 0 Å². The molecule has 0 aromatic rings. The molecule has 1 rings (SSSR count). The van der Waals surface area contributed by atoms with Crippen LogP contribution in [-0.2, 0) is 9.84 Å². The summed E-state index contributed by atoms with van der Waals surface area (Å²) in [6.45, 7) is 10.0. The number of nitrogens with two attached hydrogens (primary N) is 1. The van der Waals surface area contributed by atoms with E-state index in [0.717, 1.165) is 25.3 Å². The maximum atomic E-state index is 12.1. The number of sulfone groups is 1. The molecule has 0 aromatic heterocycles. The Balaban J connectivity index is 2.73. The van der Waals surface area contributed by atoms with Gasteiger partial charge in [0, 0.05) is 18.6 Å². The summed E-state index contributed by atoms with van der Waals surface area (Å²) in [4.78, 5) is 2.33. The third kappa shape index (κ3) is 4.67. The first-order valence-electron chi connectivity index (χ1n) is 8.48. The lowest BCUT2D eigenvalue weighted by atomic mass is 9.74. The van der Waals surface area contributed by atoms with E-state index in [-0.39, 0.29) is 16.5 Å². The first-order valence-corrected chi connectivity index (χ1v) is 10.2. The molecule has 1 aliphatic rings. The molecule has 0 heterocycles. The highest BCUT2D eigenvalue weighted by Crippen LogP contribution is 2.37. The predicted octanol–water partition coefficient (Wildman–Crippen LogP) is 2.43. The van der Waals surface area contributed by atoms with Crippen molar-refractivity contribution < 1.29 is 8.42 Å². The van der Waals surface area contributed by atoms with Crippen LogP contribution in [0.1, 0.15) is 59.8 Å². The van der Waals surface area contributed by atoms with Gasteiger partial charge in [0.2, 0.25) is 0 Å². The largest absolute Gasteiger partial charge is 0.329 e. The lowest BCUT2D eigenvalue weighted by molar-refractivity contribution is 0.0510. The summed E-state index contributed by atoms with van der Waals surface area (Å²) < 4.78 is 24.1. The van der Waals surface area contributed by atoms with Crippen LogP contribution in [0.15, 0.2) is 0 Å². The lowest BCUT2D eigenvalue weighted by Gasteiger charge is -2.47. The van der Waals surface area contributed by atoms with Gasteiger partial charge in [-0.15, -0.1) is 0 Å². The molecular formula is C16H34N2O2S. The van der Waals surface area contributed by atoms with E-state index in [9.17, 15) is 8.42 Å². The minimum Gasteiger partial charge on any atom is -0.329 e. The van der Waals surface area contributed by atoms with Crippen molar-refractivity contribution in [2.24, 2.45) is 11.7 Å². The van der Waals surface area contributed by atoms with Crippen molar-refractivity contribution in [3.63, 3.8) is 0 Å². The number of nitrogens with zero attached hydrogens (tertiary/aromatic N) is 1. The van der Waals surface area contributed by atoms with Crippen LogP contribution in [0.25, 0.3) is 0 Å². The molecule has 5 heteroatoms. The summed E-state index contributed by atoms with van der Waals surface area (Å²) in [6, 6.07) is 0. The normalized spacial score (nSPS) is 27.5. The second-order valence-electron chi connectivity index (χ2n) is 6.78. The number of likely N-dealkylation sites (N-methyl/N-ethyl adjacent to an activating group) is 1. The van der Waals surface area contributed by atoms with Gasteiger partial charge in [-0.2, -0.15) is 0 Å². The third-order valence-corrected chi connectivity index (χ3v) is 7.60. The lowest BCUT2D eigenvalue weighted by Crippen LogP contribution is -2.56. The second kappa shape index (κ2) is 7.93. The Labute approximate surface area is 131 Å². The Morgan fingerprint density at radius 1 is 1.24 bits per heavy atom. The van der Waals surface area contributed by atoms with Crippen LogP contribution in [-0.4, -0.2) is 49.5 Å². The maximum absolute atomic E-state index is 12.1. The van der Waals surface area contributed by atoms with Gasteiger partial charge in [-0.3, -0.25) is 4.90 Å². The van der Waals surface area contributed by atoms with Gasteiger partial charge in [0.25, 0.3) is 0 Å². The van der Waals surface area contributed by atoms with Crippen LogP contribution >= 0.6 is 0 Å². The molecule has 0 bridgehead atoms. The highest BCUT2D eigenvalue weighted by atomic mass is 32.2. The summed E-state index contributed by atoms with van der Waals surface area (Å²) >= 11 is 0. The maximum Gasteiger partial charge on any atom is 0.153 e. The first-order chi connectivity index (χ1) is 9.81. The van der Waals surface area contributed by atoms with Crippen molar-refractivity contribution in [3.8, 4) is 0 Å². The van der Waals surface area contributed by atoms with Crippen molar-refractivity contribution in [2.75, 3.05) is 25.4 Å². The molecule has 1 fully saturated rings. The molecule has 1 aliphatic carbocycles. The molecule has 0 spiro atoms. The van der Waals surface area contributed by atoms with Crippen molar-refractivity contribution in [1.82, 2.24) is 4.90 Å². The standard InChI is InChI=1S/C16H34N2O2S/c1-5-15-7-9-16(13-17,10-8-15)18(6-2)11-12-21(19,20)14(3)4/h14-15H,5-13,17H2,1-4H3. The SMILES string of the molecule is CCC1CCC(CN)(N(CC)CCS(=O)(=O)C(C)C)CC1. The van der Waals surface area contributed by atoms with Crippen molar-refractivity contribution in [3.05, 3.63) is 0 Å². The molecule has 2 N–H and O–H groups in total. The average molecular weight is 319 g/mol. The Bertz CT molecular complexity index is 399. The summed E-state index contributed by atoms with van der Waals surface area (Å²) in [5.74, 6) is 1.07. The van der Waals surface area contributed by atoms with Crippen LogP contribution < -0.4 is 5.73 Å². The molecule has 0 radical (unpaired) electrons. The fraction of sp³-hybridized carbons (Fsp3) is 1.00. The summed E-state index contributed by atoms with van der Waals surface area (Å²) in [5, 5.41) is -0.291. The zero-order valence-corrected chi connectivity index (χ0v) is 15.1. The summed E-state index contributed by atoms with van der Waals surface area (Å²) in [7, 11) is -2.97. The Kier molecular flexibility index (Phi) is 7.14. The monoisotopic (exact) mass is 318 g/mol. The highest BCUT2D eigenvalue weighted by molar-refractivity contribution is 7.92. The topological polar surface area (TPSA) is 63.4 Å². The van der Waals surface area contributed by atoms with Gasteiger partial charge < -0.3 is 5.73 Å². The summed E-state index contributed by atoms with van der Waals surface area (Å²) in [5.41, 5.74) is 6.13. The number of hydrogen-bond acceptors (Lipinski definition) is 4. The minimum atomic E-state index is -2.97. The van der Waals surface area contributed by atoms with E-state index in [2.05, 4.69) is 18.7 Å². The van der Waals surface area contributed by atoms with Crippen molar-refractivity contribution in [2.45, 2.75) is 70.6 Å². The molecule has 21 heavy (non-hydrogen) atoms.